The zero-order valence-corrected chi connectivity index (χ0v) is 12.5. The third-order valence-electron chi connectivity index (χ3n) is 2.89. The minimum atomic E-state index is 0.585. The van der Waals surface area contributed by atoms with Crippen LogP contribution in [0, 0.1) is 0 Å². The van der Waals surface area contributed by atoms with E-state index >= 15 is 0 Å². The molecular formula is C15H16Cl2N2. The molecule has 2 rings (SSSR count). The molecule has 0 unspecified atom stereocenters. The molecule has 19 heavy (non-hydrogen) atoms. The summed E-state index contributed by atoms with van der Waals surface area (Å²) in [5.74, 6) is 0. The van der Waals surface area contributed by atoms with E-state index in [1.165, 1.54) is 0 Å². The van der Waals surface area contributed by atoms with E-state index in [1.54, 1.807) is 6.07 Å². The molecule has 0 saturated carbocycles. The summed E-state index contributed by atoms with van der Waals surface area (Å²) in [6.45, 7) is 0.643. The predicted molar refractivity (Wildman–Crippen MR) is 84.6 cm³/mol. The lowest BCUT2D eigenvalue weighted by Crippen LogP contribution is -2.12. The first-order valence-electron chi connectivity index (χ1n) is 6.02. The van der Waals surface area contributed by atoms with Gasteiger partial charge in [0.2, 0.25) is 0 Å². The molecule has 0 aliphatic rings. The number of rotatable bonds is 4. The Bertz CT molecular complexity index is 568. The van der Waals surface area contributed by atoms with Crippen molar-refractivity contribution in [3.05, 3.63) is 58.1 Å². The van der Waals surface area contributed by atoms with E-state index in [-0.39, 0.29) is 0 Å². The second kappa shape index (κ2) is 6.18. The van der Waals surface area contributed by atoms with Crippen LogP contribution in [0.25, 0.3) is 0 Å². The van der Waals surface area contributed by atoms with E-state index in [4.69, 9.17) is 23.2 Å². The first-order valence-corrected chi connectivity index (χ1v) is 6.78. The number of hydrogen-bond acceptors (Lipinski definition) is 2. The first kappa shape index (κ1) is 14.0. The predicted octanol–water partition coefficient (Wildman–Crippen LogP) is 4.67. The van der Waals surface area contributed by atoms with E-state index in [9.17, 15) is 0 Å². The van der Waals surface area contributed by atoms with Crippen molar-refractivity contribution in [1.29, 1.82) is 0 Å². The summed E-state index contributed by atoms with van der Waals surface area (Å²) in [7, 11) is 4.04. The van der Waals surface area contributed by atoms with Crippen LogP contribution in [-0.2, 0) is 6.54 Å². The Morgan fingerprint density at radius 1 is 1.00 bits per heavy atom. The second-order valence-electron chi connectivity index (χ2n) is 4.48. The van der Waals surface area contributed by atoms with Crippen molar-refractivity contribution < 1.29 is 0 Å². The Hall–Kier alpha value is -1.38. The topological polar surface area (TPSA) is 15.3 Å². The van der Waals surface area contributed by atoms with E-state index in [1.807, 2.05) is 44.4 Å². The Balaban J connectivity index is 2.17. The van der Waals surface area contributed by atoms with Gasteiger partial charge in [0, 0.05) is 20.6 Å². The van der Waals surface area contributed by atoms with Gasteiger partial charge in [0.1, 0.15) is 0 Å². The Morgan fingerprint density at radius 3 is 2.47 bits per heavy atom. The fraction of sp³-hybridized carbons (Fsp3) is 0.200. The number of anilines is 2. The molecule has 0 amide bonds. The van der Waals surface area contributed by atoms with Gasteiger partial charge >= 0.3 is 0 Å². The van der Waals surface area contributed by atoms with Crippen LogP contribution in [0.2, 0.25) is 10.0 Å². The maximum Gasteiger partial charge on any atom is 0.0642 e. The molecule has 2 aromatic carbocycles. The molecule has 0 saturated heterocycles. The van der Waals surface area contributed by atoms with Crippen LogP contribution in [-0.4, -0.2) is 14.1 Å². The van der Waals surface area contributed by atoms with Crippen LogP contribution < -0.4 is 10.2 Å². The maximum atomic E-state index is 6.18. The van der Waals surface area contributed by atoms with Crippen molar-refractivity contribution >= 4 is 34.6 Å². The zero-order valence-electron chi connectivity index (χ0n) is 11.0. The lowest BCUT2D eigenvalue weighted by atomic mass is 10.2. The van der Waals surface area contributed by atoms with Gasteiger partial charge < -0.3 is 10.2 Å². The van der Waals surface area contributed by atoms with Crippen molar-refractivity contribution in [2.45, 2.75) is 6.54 Å². The molecule has 0 atom stereocenters. The molecule has 0 aliphatic carbocycles. The van der Waals surface area contributed by atoms with Gasteiger partial charge in [-0.3, -0.25) is 0 Å². The van der Waals surface area contributed by atoms with Crippen LogP contribution in [0.1, 0.15) is 5.56 Å². The molecule has 0 bridgehead atoms. The normalized spacial score (nSPS) is 10.3. The number of nitrogens with one attached hydrogen (secondary N) is 1. The molecule has 0 fully saturated rings. The molecule has 4 heteroatoms. The van der Waals surface area contributed by atoms with Gasteiger partial charge in [-0.25, -0.2) is 0 Å². The molecule has 0 heterocycles. The first-order chi connectivity index (χ1) is 9.09. The third kappa shape index (κ3) is 3.34. The number of benzene rings is 2. The highest BCUT2D eigenvalue weighted by molar-refractivity contribution is 6.42. The van der Waals surface area contributed by atoms with Crippen molar-refractivity contribution in [3.8, 4) is 0 Å². The molecule has 100 valence electrons. The molecule has 0 radical (unpaired) electrons. The third-order valence-corrected chi connectivity index (χ3v) is 3.74. The molecule has 0 spiro atoms. The van der Waals surface area contributed by atoms with Gasteiger partial charge in [-0.1, -0.05) is 47.5 Å². The molecule has 1 N–H and O–H groups in total. The lowest BCUT2D eigenvalue weighted by Gasteiger charge is -2.18. The van der Waals surface area contributed by atoms with Gasteiger partial charge in [-0.05, 0) is 23.8 Å². The number of hydrogen-bond donors (Lipinski definition) is 1. The van der Waals surface area contributed by atoms with Crippen molar-refractivity contribution in [1.82, 2.24) is 0 Å². The van der Waals surface area contributed by atoms with Gasteiger partial charge in [0.05, 0.1) is 21.4 Å². The Kier molecular flexibility index (Phi) is 4.56. The summed E-state index contributed by atoms with van der Waals surface area (Å²) in [5, 5.41) is 4.59. The highest BCUT2D eigenvalue weighted by Gasteiger charge is 2.06. The summed E-state index contributed by atoms with van der Waals surface area (Å²) < 4.78 is 0. The minimum Gasteiger partial charge on any atom is -0.379 e. The van der Waals surface area contributed by atoms with E-state index in [0.29, 0.717) is 16.6 Å². The smallest absolute Gasteiger partial charge is 0.0642 e. The number of nitrogens with zero attached hydrogens (tertiary/aromatic N) is 1. The maximum absolute atomic E-state index is 6.18. The second-order valence-corrected chi connectivity index (χ2v) is 5.26. The van der Waals surface area contributed by atoms with Gasteiger partial charge in [-0.15, -0.1) is 0 Å². The van der Waals surface area contributed by atoms with Crippen molar-refractivity contribution in [3.63, 3.8) is 0 Å². The van der Waals surface area contributed by atoms with E-state index in [0.717, 1.165) is 16.9 Å². The zero-order chi connectivity index (χ0) is 13.8. The monoisotopic (exact) mass is 294 g/mol. The number of para-hydroxylation sites is 2. The van der Waals surface area contributed by atoms with Gasteiger partial charge in [0.15, 0.2) is 0 Å². The molecule has 2 aromatic rings. The summed E-state index contributed by atoms with van der Waals surface area (Å²) in [4.78, 5) is 2.07. The Labute approximate surface area is 123 Å². The summed E-state index contributed by atoms with van der Waals surface area (Å²) in [5.41, 5.74) is 3.20. The molecule has 2 nitrogen and oxygen atoms in total. The quantitative estimate of drug-likeness (QED) is 0.881. The van der Waals surface area contributed by atoms with Crippen molar-refractivity contribution in [2.24, 2.45) is 0 Å². The lowest BCUT2D eigenvalue weighted by molar-refractivity contribution is 1.10. The van der Waals surface area contributed by atoms with Crippen LogP contribution >= 0.6 is 23.2 Å². The summed E-state index contributed by atoms with van der Waals surface area (Å²) in [6.07, 6.45) is 0. The summed E-state index contributed by atoms with van der Waals surface area (Å²) in [6, 6.07) is 13.8. The highest BCUT2D eigenvalue weighted by atomic mass is 35.5. The van der Waals surface area contributed by atoms with Crippen LogP contribution in [0.5, 0.6) is 0 Å². The molecule has 0 aliphatic heterocycles. The SMILES string of the molecule is CN(C)c1ccccc1NCc1cccc(Cl)c1Cl. The van der Waals surface area contributed by atoms with Crippen LogP contribution in [0.4, 0.5) is 11.4 Å². The van der Waals surface area contributed by atoms with E-state index in [2.05, 4.69) is 16.3 Å². The van der Waals surface area contributed by atoms with Gasteiger partial charge in [0.25, 0.3) is 0 Å². The fourth-order valence-electron chi connectivity index (χ4n) is 1.89. The summed E-state index contributed by atoms with van der Waals surface area (Å²) >= 11 is 12.2. The average molecular weight is 295 g/mol. The minimum absolute atomic E-state index is 0.585. The van der Waals surface area contributed by atoms with Crippen LogP contribution in [0.15, 0.2) is 42.5 Å². The largest absolute Gasteiger partial charge is 0.379 e. The molecular weight excluding hydrogens is 279 g/mol. The van der Waals surface area contributed by atoms with Crippen molar-refractivity contribution in [2.75, 3.05) is 24.3 Å². The highest BCUT2D eigenvalue weighted by Crippen LogP contribution is 2.28. The fourth-order valence-corrected chi connectivity index (χ4v) is 2.28. The number of halogens is 2. The molecule has 0 aromatic heterocycles. The average Bonchev–Trinajstić information content (AvgIpc) is 2.40. The van der Waals surface area contributed by atoms with Gasteiger partial charge in [-0.2, -0.15) is 0 Å². The standard InChI is InChI=1S/C15H16Cl2N2/c1-19(2)14-9-4-3-8-13(14)18-10-11-6-5-7-12(16)15(11)17/h3-9,18H,10H2,1-2H3. The van der Waals surface area contributed by atoms with E-state index < -0.39 is 0 Å². The van der Waals surface area contributed by atoms with Crippen LogP contribution in [0.3, 0.4) is 0 Å². The Morgan fingerprint density at radius 2 is 1.74 bits per heavy atom.